The second-order valence-electron chi connectivity index (χ2n) is 19.7. The van der Waals surface area contributed by atoms with Gasteiger partial charge in [-0.3, -0.25) is 9.59 Å². The summed E-state index contributed by atoms with van der Waals surface area (Å²) >= 11 is 10.6. The summed E-state index contributed by atoms with van der Waals surface area (Å²) in [5, 5.41) is 10.4. The third-order valence-electron chi connectivity index (χ3n) is 14.3. The van der Waals surface area contributed by atoms with Gasteiger partial charge in [0.05, 0.1) is 30.9 Å². The number of benzene rings is 5. The maximum Gasteiger partial charge on any atom is 0.224 e. The molecule has 71 heavy (non-hydrogen) atoms. The molecule has 0 unspecified atom stereocenters. The number of ether oxygens (including phenoxy) is 2. The predicted molar refractivity (Wildman–Crippen MR) is 297 cm³/mol. The summed E-state index contributed by atoms with van der Waals surface area (Å²) < 4.78 is 16.2. The number of hydrogen-bond donors (Lipinski definition) is 3. The fourth-order valence-electron chi connectivity index (χ4n) is 10.6. The molecule has 2 N–H and O–H groups in total. The van der Waals surface area contributed by atoms with Crippen molar-refractivity contribution in [1.29, 1.82) is 0 Å². The van der Waals surface area contributed by atoms with E-state index in [1.54, 1.807) is 19.2 Å². The van der Waals surface area contributed by atoms with E-state index in [-0.39, 0.29) is 35.8 Å². The van der Waals surface area contributed by atoms with Crippen LogP contribution in [0.3, 0.4) is 0 Å². The molecule has 0 spiro atoms. The second-order valence-corrected chi connectivity index (χ2v) is 20.5. The van der Waals surface area contributed by atoms with Gasteiger partial charge in [-0.25, -0.2) is 0 Å². The minimum atomic E-state index is -0.250. The first-order valence-electron chi connectivity index (χ1n) is 25.1. The van der Waals surface area contributed by atoms with E-state index in [1.165, 1.54) is 44.7 Å². The summed E-state index contributed by atoms with van der Waals surface area (Å²) in [5.41, 5.74) is 11.1. The summed E-state index contributed by atoms with van der Waals surface area (Å²) in [4.78, 5) is 28.9. The van der Waals surface area contributed by atoms with Crippen molar-refractivity contribution in [3.8, 4) is 11.5 Å². The molecule has 370 valence electrons. The lowest BCUT2D eigenvalue weighted by Crippen LogP contribution is -2.29. The van der Waals surface area contributed by atoms with Crippen LogP contribution in [0.2, 0.25) is 5.02 Å². The van der Waals surface area contributed by atoms with Crippen molar-refractivity contribution in [1.82, 2.24) is 15.2 Å². The molecule has 0 fully saturated rings. The number of methoxy groups -OCH3 is 1. The molecular weight excluding hydrogens is 922 g/mol. The van der Waals surface area contributed by atoms with Crippen LogP contribution in [0.1, 0.15) is 88.2 Å². The van der Waals surface area contributed by atoms with Gasteiger partial charge >= 0.3 is 0 Å². The maximum absolute atomic E-state index is 13.3. The number of nitrogens with one attached hydrogen (secondary N) is 2. The highest BCUT2D eigenvalue weighted by molar-refractivity contribution is 7.80. The van der Waals surface area contributed by atoms with Crippen molar-refractivity contribution in [3.05, 3.63) is 166 Å². The van der Waals surface area contributed by atoms with Crippen molar-refractivity contribution in [2.45, 2.75) is 97.6 Å². The number of fused-ring (bicyclic) bond motifs is 5. The third-order valence-corrected chi connectivity index (χ3v) is 14.9. The van der Waals surface area contributed by atoms with Crippen LogP contribution in [0.4, 0.5) is 11.4 Å². The maximum atomic E-state index is 13.3. The second kappa shape index (κ2) is 22.5. The van der Waals surface area contributed by atoms with E-state index in [0.717, 1.165) is 78.0 Å². The topological polar surface area (TPSA) is 87.8 Å². The molecule has 11 heteroatoms. The van der Waals surface area contributed by atoms with E-state index >= 15 is 0 Å². The van der Waals surface area contributed by atoms with Gasteiger partial charge in [0.2, 0.25) is 17.5 Å². The van der Waals surface area contributed by atoms with Crippen LogP contribution >= 0.6 is 24.2 Å². The Morgan fingerprint density at radius 1 is 0.789 bits per heavy atom. The molecule has 0 atom stereocenters. The van der Waals surface area contributed by atoms with Crippen LogP contribution in [0, 0.1) is 6.92 Å². The zero-order chi connectivity index (χ0) is 50.3. The Balaban J connectivity index is 0.837. The van der Waals surface area contributed by atoms with E-state index in [2.05, 4.69) is 157 Å². The normalized spacial score (nSPS) is 15.4. The number of hydrogen-bond acceptors (Lipinski definition) is 6. The number of carbonyl (C=O) groups excluding carboxylic acids is 2. The van der Waals surface area contributed by atoms with Gasteiger partial charge in [-0.2, -0.15) is 17.2 Å². The zero-order valence-corrected chi connectivity index (χ0v) is 44.1. The minimum absolute atomic E-state index is 0.00942. The number of anilines is 1. The molecule has 0 aliphatic carbocycles. The molecule has 2 aliphatic heterocycles. The summed E-state index contributed by atoms with van der Waals surface area (Å²) in [6.45, 7) is 16.6. The molecule has 0 saturated carbocycles. The molecule has 2 amide bonds. The molecule has 3 heterocycles. The first kappa shape index (κ1) is 51.1. The molecule has 0 saturated heterocycles. The minimum Gasteiger partial charge on any atom is -0.497 e. The van der Waals surface area contributed by atoms with E-state index < -0.39 is 0 Å². The van der Waals surface area contributed by atoms with Crippen molar-refractivity contribution >= 4 is 74.8 Å². The van der Waals surface area contributed by atoms with Crippen LogP contribution in [-0.2, 0) is 40.0 Å². The lowest BCUT2D eigenvalue weighted by Gasteiger charge is -2.25. The molecule has 6 aromatic rings. The lowest BCUT2D eigenvalue weighted by atomic mass is 9.79. The van der Waals surface area contributed by atoms with Crippen LogP contribution in [0.5, 0.6) is 11.5 Å². The monoisotopic (exact) mass is 990 g/mol. The lowest BCUT2D eigenvalue weighted by molar-refractivity contribution is -0.438. The van der Waals surface area contributed by atoms with Gasteiger partial charge in [0.25, 0.3) is 0 Å². The molecule has 5 aromatic carbocycles. The number of halogens is 1. The van der Waals surface area contributed by atoms with Crippen LogP contribution < -0.4 is 25.0 Å². The highest BCUT2D eigenvalue weighted by Gasteiger charge is 2.45. The average molecular weight is 992 g/mol. The largest absolute Gasteiger partial charge is 0.497 e. The van der Waals surface area contributed by atoms with Gasteiger partial charge < -0.3 is 29.6 Å². The number of thiol groups is 1. The molecule has 0 bridgehead atoms. The smallest absolute Gasteiger partial charge is 0.224 e. The average Bonchev–Trinajstić information content (AvgIpc) is 3.84. The van der Waals surface area contributed by atoms with Crippen molar-refractivity contribution in [2.24, 2.45) is 0 Å². The van der Waals surface area contributed by atoms with Gasteiger partial charge in [-0.1, -0.05) is 80.1 Å². The summed E-state index contributed by atoms with van der Waals surface area (Å²) in [7, 11) is 1.64. The first-order chi connectivity index (χ1) is 34.3. The molecular formula is C60H69ClN5O4S+. The number of carbonyl (C=O) groups is 2. The Kier molecular flexibility index (Phi) is 16.2. The summed E-state index contributed by atoms with van der Waals surface area (Å²) in [6, 6.07) is 32.9. The molecule has 9 nitrogen and oxygen atoms in total. The summed E-state index contributed by atoms with van der Waals surface area (Å²) in [6.07, 6.45) is 15.2. The Hall–Kier alpha value is -6.23. The Morgan fingerprint density at radius 3 is 2.25 bits per heavy atom. The molecule has 2 aliphatic rings. The van der Waals surface area contributed by atoms with E-state index in [9.17, 15) is 9.59 Å². The SMILES string of the molecule is CCN1/C(=C/C=C/C=C/C2=[N+](CCCCS)c3ccc4ccccc4c3C2(C)C)C(C)(C)c2cc(CC(=O)NCCCCNC(=O)Cc3c(C)n(COc4ccc(Cl)cc4)c4ccc(OC)cc34)ccc21. The Labute approximate surface area is 430 Å². The van der Waals surface area contributed by atoms with Gasteiger partial charge in [-0.15, -0.1) is 0 Å². The van der Waals surface area contributed by atoms with Crippen LogP contribution in [0.25, 0.3) is 21.7 Å². The Bertz CT molecular complexity index is 3050. The zero-order valence-electron chi connectivity index (χ0n) is 42.4. The highest BCUT2D eigenvalue weighted by Crippen LogP contribution is 2.48. The fraction of sp³-hybridized carbons (Fsp3) is 0.350. The molecule has 8 rings (SSSR count). The van der Waals surface area contributed by atoms with E-state index in [1.807, 2.05) is 37.3 Å². The first-order valence-corrected chi connectivity index (χ1v) is 26.1. The Morgan fingerprint density at radius 2 is 1.52 bits per heavy atom. The van der Waals surface area contributed by atoms with E-state index in [0.29, 0.717) is 30.3 Å². The van der Waals surface area contributed by atoms with Gasteiger partial charge in [0, 0.05) is 76.7 Å². The number of amides is 2. The molecule has 1 aromatic heterocycles. The number of nitrogens with zero attached hydrogens (tertiary/aromatic N) is 3. The quantitative estimate of drug-likeness (QED) is 0.0289. The predicted octanol–water partition coefficient (Wildman–Crippen LogP) is 12.5. The van der Waals surface area contributed by atoms with Crippen LogP contribution in [0.15, 0.2) is 133 Å². The standard InChI is InChI=1S/C60H68ClN5O4S/c1-8-64-52-29-22-42(36-50(52)59(3,4)54(64)20-10-9-11-21-55-60(5,6)58-47-19-13-12-18-43(47)23-30-53(58)65(55)34-16-17-35-71)37-56(67)62-32-14-15-33-63-57(68)39-48-41(2)66(40-70-45-26-24-44(61)25-27-45)51-31-28-46(69-7)38-49(48)51/h9-13,18-31,36,38H,8,14-17,32-35,37,39-40H2,1-7H3,(H2-,62,63,67,68,71)/p+1. The van der Waals surface area contributed by atoms with Crippen molar-refractivity contribution < 1.29 is 23.6 Å². The van der Waals surface area contributed by atoms with Gasteiger partial charge in [0.1, 0.15) is 18.0 Å². The summed E-state index contributed by atoms with van der Waals surface area (Å²) in [5.74, 6) is 2.25. The highest BCUT2D eigenvalue weighted by atomic mass is 35.5. The number of rotatable bonds is 21. The van der Waals surface area contributed by atoms with Crippen LogP contribution in [-0.4, -0.2) is 65.7 Å². The fourth-order valence-corrected chi connectivity index (χ4v) is 10.9. The van der Waals surface area contributed by atoms with E-state index in [4.69, 9.17) is 21.1 Å². The number of likely N-dealkylation sites (N-methyl/N-ethyl adjacent to an activating group) is 1. The van der Waals surface area contributed by atoms with Gasteiger partial charge in [0.15, 0.2) is 12.4 Å². The van der Waals surface area contributed by atoms with Crippen molar-refractivity contribution in [3.63, 3.8) is 0 Å². The number of allylic oxidation sites excluding steroid dienone is 6. The van der Waals surface area contributed by atoms with Gasteiger partial charge in [-0.05, 0) is 141 Å². The molecule has 0 radical (unpaired) electrons. The third kappa shape index (κ3) is 11.0. The number of unbranched alkanes of at least 4 members (excludes halogenated alkanes) is 2. The number of aromatic nitrogens is 1. The van der Waals surface area contributed by atoms with Crippen molar-refractivity contribution in [2.75, 3.05) is 43.9 Å².